The molecule has 1 aromatic carbocycles. The molecule has 1 atom stereocenters. The number of benzene rings is 1. The molecule has 1 unspecified atom stereocenters. The summed E-state index contributed by atoms with van der Waals surface area (Å²) in [5.74, 6) is -0.0794. The number of aromatic nitrogens is 1. The van der Waals surface area contributed by atoms with Crippen LogP contribution in [0.3, 0.4) is 0 Å². The fourth-order valence-electron chi connectivity index (χ4n) is 1.64. The van der Waals surface area contributed by atoms with Crippen molar-refractivity contribution in [3.63, 3.8) is 0 Å². The van der Waals surface area contributed by atoms with Gasteiger partial charge in [-0.1, -0.05) is 6.92 Å². The minimum absolute atomic E-state index is 0.0890. The number of phenolic OH excluding ortho intramolecular Hbond substituents is 1. The average molecular weight is 388 g/mol. The topological polar surface area (TPSA) is 62.2 Å². The predicted molar refractivity (Wildman–Crippen MR) is 83.4 cm³/mol. The maximum absolute atomic E-state index is 12.1. The first-order valence-electron chi connectivity index (χ1n) is 5.80. The molecule has 6 heteroatoms. The second-order valence-corrected chi connectivity index (χ2v) is 6.06. The lowest BCUT2D eigenvalue weighted by Crippen LogP contribution is -2.28. The zero-order valence-electron chi connectivity index (χ0n) is 10.3. The smallest absolute Gasteiger partial charge is 0.251 e. The Hall–Kier alpha value is -1.15. The van der Waals surface area contributed by atoms with Crippen LogP contribution in [0.25, 0.3) is 0 Å². The van der Waals surface area contributed by atoms with Crippen LogP contribution in [-0.4, -0.2) is 16.0 Å². The van der Waals surface area contributed by atoms with E-state index in [4.69, 9.17) is 0 Å². The summed E-state index contributed by atoms with van der Waals surface area (Å²) in [7, 11) is 0. The lowest BCUT2D eigenvalue weighted by molar-refractivity contribution is 0.0935. The van der Waals surface area contributed by atoms with Gasteiger partial charge in [-0.15, -0.1) is 11.3 Å². The Kier molecular flexibility index (Phi) is 4.76. The van der Waals surface area contributed by atoms with E-state index in [0.29, 0.717) is 5.56 Å². The lowest BCUT2D eigenvalue weighted by atomic mass is 10.1. The first kappa shape index (κ1) is 14.3. The first-order chi connectivity index (χ1) is 9.11. The summed E-state index contributed by atoms with van der Waals surface area (Å²) in [5.41, 5.74) is 0.452. The number of phenols is 1. The van der Waals surface area contributed by atoms with Gasteiger partial charge in [-0.3, -0.25) is 4.79 Å². The molecule has 2 aromatic rings. The van der Waals surface area contributed by atoms with E-state index in [1.165, 1.54) is 17.4 Å². The van der Waals surface area contributed by atoms with Gasteiger partial charge >= 0.3 is 0 Å². The van der Waals surface area contributed by atoms with Crippen LogP contribution in [0.5, 0.6) is 5.75 Å². The zero-order chi connectivity index (χ0) is 13.8. The van der Waals surface area contributed by atoms with Crippen molar-refractivity contribution in [2.24, 2.45) is 0 Å². The van der Waals surface area contributed by atoms with Gasteiger partial charge in [0.05, 0.1) is 9.61 Å². The maximum atomic E-state index is 12.1. The number of hydrogen-bond acceptors (Lipinski definition) is 4. The Morgan fingerprint density at radius 3 is 2.95 bits per heavy atom. The monoisotopic (exact) mass is 388 g/mol. The van der Waals surface area contributed by atoms with Crippen molar-refractivity contribution in [2.75, 3.05) is 0 Å². The van der Waals surface area contributed by atoms with E-state index in [1.807, 2.05) is 34.9 Å². The molecule has 0 aliphatic rings. The predicted octanol–water partition coefficient (Wildman–Crippen LogP) is 3.33. The number of amides is 1. The molecule has 1 heterocycles. The van der Waals surface area contributed by atoms with Crippen molar-refractivity contribution in [3.8, 4) is 5.75 Å². The van der Waals surface area contributed by atoms with Gasteiger partial charge in [0, 0.05) is 17.1 Å². The number of rotatable bonds is 4. The summed E-state index contributed by atoms with van der Waals surface area (Å²) >= 11 is 3.54. The summed E-state index contributed by atoms with van der Waals surface area (Å²) in [4.78, 5) is 16.3. The maximum Gasteiger partial charge on any atom is 0.251 e. The fourth-order valence-corrected chi connectivity index (χ4v) is 2.75. The van der Waals surface area contributed by atoms with E-state index in [-0.39, 0.29) is 17.7 Å². The van der Waals surface area contributed by atoms with Gasteiger partial charge in [0.15, 0.2) is 0 Å². The van der Waals surface area contributed by atoms with Gasteiger partial charge < -0.3 is 10.4 Å². The Morgan fingerprint density at radius 2 is 2.37 bits per heavy atom. The summed E-state index contributed by atoms with van der Waals surface area (Å²) in [6, 6.07) is 4.81. The van der Waals surface area contributed by atoms with Gasteiger partial charge in [-0.25, -0.2) is 4.98 Å². The highest BCUT2D eigenvalue weighted by Crippen LogP contribution is 2.22. The quantitative estimate of drug-likeness (QED) is 0.790. The molecule has 0 fully saturated rings. The molecule has 19 heavy (non-hydrogen) atoms. The molecule has 0 saturated heterocycles. The van der Waals surface area contributed by atoms with Crippen molar-refractivity contribution >= 4 is 39.8 Å². The molecule has 0 aliphatic carbocycles. The molecule has 0 saturated carbocycles. The third kappa shape index (κ3) is 3.44. The number of hydrogen-bond donors (Lipinski definition) is 2. The van der Waals surface area contributed by atoms with E-state index in [9.17, 15) is 9.90 Å². The van der Waals surface area contributed by atoms with Crippen LogP contribution >= 0.6 is 33.9 Å². The van der Waals surface area contributed by atoms with Gasteiger partial charge in [0.1, 0.15) is 10.8 Å². The highest BCUT2D eigenvalue weighted by Gasteiger charge is 2.16. The molecular formula is C13H13IN2O2S. The van der Waals surface area contributed by atoms with Crippen LogP contribution in [0.15, 0.2) is 29.8 Å². The van der Waals surface area contributed by atoms with Crippen molar-refractivity contribution in [1.29, 1.82) is 0 Å². The van der Waals surface area contributed by atoms with E-state index in [1.54, 1.807) is 18.3 Å². The summed E-state index contributed by atoms with van der Waals surface area (Å²) in [5, 5.41) is 15.3. The van der Waals surface area contributed by atoms with Crippen LogP contribution in [-0.2, 0) is 0 Å². The second kappa shape index (κ2) is 6.33. The Balaban J connectivity index is 2.13. The zero-order valence-corrected chi connectivity index (χ0v) is 13.2. The van der Waals surface area contributed by atoms with E-state index < -0.39 is 0 Å². The van der Waals surface area contributed by atoms with Crippen LogP contribution in [0.4, 0.5) is 0 Å². The SMILES string of the molecule is CCC(NC(=O)c1ccc(I)c(O)c1)c1nccs1. The fraction of sp³-hybridized carbons (Fsp3) is 0.231. The molecule has 0 radical (unpaired) electrons. The summed E-state index contributed by atoms with van der Waals surface area (Å²) in [6.07, 6.45) is 2.50. The highest BCUT2D eigenvalue weighted by molar-refractivity contribution is 14.1. The van der Waals surface area contributed by atoms with Crippen molar-refractivity contribution in [2.45, 2.75) is 19.4 Å². The summed E-state index contributed by atoms with van der Waals surface area (Å²) in [6.45, 7) is 2.00. The second-order valence-electron chi connectivity index (χ2n) is 3.97. The number of nitrogens with one attached hydrogen (secondary N) is 1. The number of carbonyl (C=O) groups excluding carboxylic acids is 1. The number of aromatic hydroxyl groups is 1. The molecule has 0 spiro atoms. The average Bonchev–Trinajstić information content (AvgIpc) is 2.92. The molecule has 2 N–H and O–H groups in total. The van der Waals surface area contributed by atoms with E-state index in [0.717, 1.165) is 15.0 Å². The largest absolute Gasteiger partial charge is 0.507 e. The third-order valence-electron chi connectivity index (χ3n) is 2.67. The number of nitrogens with zero attached hydrogens (tertiary/aromatic N) is 1. The standard InChI is InChI=1S/C13H13IN2O2S/c1-2-10(13-15-5-6-19-13)16-12(18)8-3-4-9(14)11(17)7-8/h3-7,10,17H,2H2,1H3,(H,16,18). The highest BCUT2D eigenvalue weighted by atomic mass is 127. The molecular weight excluding hydrogens is 375 g/mol. The van der Waals surface area contributed by atoms with Crippen molar-refractivity contribution in [1.82, 2.24) is 10.3 Å². The Bertz CT molecular complexity index is 572. The van der Waals surface area contributed by atoms with Gasteiger partial charge in [-0.05, 0) is 47.2 Å². The first-order valence-corrected chi connectivity index (χ1v) is 7.76. The van der Waals surface area contributed by atoms with Gasteiger partial charge in [0.2, 0.25) is 0 Å². The minimum atomic E-state index is -0.200. The number of thiazole rings is 1. The van der Waals surface area contributed by atoms with E-state index in [2.05, 4.69) is 10.3 Å². The minimum Gasteiger partial charge on any atom is -0.507 e. The van der Waals surface area contributed by atoms with Gasteiger partial charge in [-0.2, -0.15) is 0 Å². The summed E-state index contributed by atoms with van der Waals surface area (Å²) < 4.78 is 0.723. The van der Waals surface area contributed by atoms with Crippen molar-refractivity contribution in [3.05, 3.63) is 43.9 Å². The van der Waals surface area contributed by atoms with Crippen LogP contribution < -0.4 is 5.32 Å². The molecule has 1 amide bonds. The Labute approximate surface area is 129 Å². The van der Waals surface area contributed by atoms with Crippen LogP contribution in [0.1, 0.15) is 34.8 Å². The van der Waals surface area contributed by atoms with Crippen LogP contribution in [0.2, 0.25) is 0 Å². The molecule has 1 aromatic heterocycles. The third-order valence-corrected chi connectivity index (χ3v) is 4.47. The molecule has 100 valence electrons. The van der Waals surface area contributed by atoms with Crippen molar-refractivity contribution < 1.29 is 9.90 Å². The molecule has 2 rings (SSSR count). The Morgan fingerprint density at radius 1 is 1.58 bits per heavy atom. The molecule has 0 bridgehead atoms. The number of carbonyl (C=O) groups is 1. The lowest BCUT2D eigenvalue weighted by Gasteiger charge is -2.14. The van der Waals surface area contributed by atoms with E-state index >= 15 is 0 Å². The molecule has 4 nitrogen and oxygen atoms in total. The van der Waals surface area contributed by atoms with Gasteiger partial charge in [0.25, 0.3) is 5.91 Å². The van der Waals surface area contributed by atoms with Crippen LogP contribution in [0, 0.1) is 3.57 Å². The molecule has 0 aliphatic heterocycles. The number of halogens is 1. The normalized spacial score (nSPS) is 12.1.